The summed E-state index contributed by atoms with van der Waals surface area (Å²) in [6.45, 7) is 3.10. The lowest BCUT2D eigenvalue weighted by Gasteiger charge is -2.10. The van der Waals surface area contributed by atoms with Crippen molar-refractivity contribution >= 4 is 22.6 Å². The van der Waals surface area contributed by atoms with Crippen LogP contribution >= 0.6 is 22.6 Å². The molecule has 3 heteroatoms. The molecule has 0 bridgehead atoms. The molecule has 0 atom stereocenters. The summed E-state index contributed by atoms with van der Waals surface area (Å²) in [6.07, 6.45) is 2.65. The van der Waals surface area contributed by atoms with Crippen molar-refractivity contribution in [2.75, 3.05) is 0 Å². The Morgan fingerprint density at radius 3 is 2.45 bits per heavy atom. The molecule has 1 saturated carbocycles. The summed E-state index contributed by atoms with van der Waals surface area (Å²) in [5.41, 5.74) is 2.63. The maximum Gasteiger partial charge on any atom is 0.127 e. The number of aryl methyl sites for hydroxylation is 1. The number of hydrogen-bond donors (Lipinski definition) is 1. The van der Waals surface area contributed by atoms with Crippen molar-refractivity contribution in [3.63, 3.8) is 0 Å². The van der Waals surface area contributed by atoms with Crippen LogP contribution in [-0.4, -0.2) is 6.04 Å². The molecule has 2 nitrogen and oxygen atoms in total. The molecular formula is C17H18INO. The Labute approximate surface area is 133 Å². The lowest BCUT2D eigenvalue weighted by Crippen LogP contribution is -2.15. The van der Waals surface area contributed by atoms with Crippen LogP contribution in [-0.2, 0) is 6.54 Å². The first-order valence-electron chi connectivity index (χ1n) is 6.97. The molecule has 0 heterocycles. The minimum Gasteiger partial charge on any atom is -0.457 e. The normalized spacial score (nSPS) is 14.3. The van der Waals surface area contributed by atoms with Gasteiger partial charge in [-0.25, -0.2) is 0 Å². The Morgan fingerprint density at radius 2 is 1.80 bits per heavy atom. The third kappa shape index (κ3) is 3.73. The predicted molar refractivity (Wildman–Crippen MR) is 90.3 cm³/mol. The van der Waals surface area contributed by atoms with Crippen molar-refractivity contribution in [1.82, 2.24) is 5.32 Å². The minimum absolute atomic E-state index is 0.747. The van der Waals surface area contributed by atoms with Crippen molar-refractivity contribution in [1.29, 1.82) is 0 Å². The fourth-order valence-electron chi connectivity index (χ4n) is 2.11. The third-order valence-corrected chi connectivity index (χ3v) is 4.24. The highest BCUT2D eigenvalue weighted by Crippen LogP contribution is 2.25. The lowest BCUT2D eigenvalue weighted by atomic mass is 10.1. The first-order chi connectivity index (χ1) is 9.70. The van der Waals surface area contributed by atoms with E-state index in [4.69, 9.17) is 4.74 Å². The molecule has 2 aromatic rings. The highest BCUT2D eigenvalue weighted by Gasteiger charge is 2.20. The number of ether oxygens (including phenoxy) is 1. The highest BCUT2D eigenvalue weighted by molar-refractivity contribution is 14.1. The van der Waals surface area contributed by atoms with E-state index in [9.17, 15) is 0 Å². The van der Waals surface area contributed by atoms with Crippen LogP contribution in [0.3, 0.4) is 0 Å². The number of halogens is 1. The summed E-state index contributed by atoms with van der Waals surface area (Å²) in [6, 6.07) is 15.2. The Kier molecular flexibility index (Phi) is 4.27. The van der Waals surface area contributed by atoms with Gasteiger partial charge in [-0.15, -0.1) is 0 Å². The molecule has 0 amide bonds. The first-order valence-corrected chi connectivity index (χ1v) is 8.05. The van der Waals surface area contributed by atoms with E-state index in [1.165, 1.54) is 27.5 Å². The summed E-state index contributed by atoms with van der Waals surface area (Å²) >= 11 is 2.29. The molecule has 1 fully saturated rings. The monoisotopic (exact) mass is 379 g/mol. The van der Waals surface area contributed by atoms with E-state index in [1.807, 2.05) is 12.1 Å². The fourth-order valence-corrected chi connectivity index (χ4v) is 2.47. The average Bonchev–Trinajstić information content (AvgIpc) is 3.25. The second-order valence-electron chi connectivity index (χ2n) is 5.30. The minimum atomic E-state index is 0.747. The first kappa shape index (κ1) is 13.9. The van der Waals surface area contributed by atoms with Gasteiger partial charge in [-0.05, 0) is 89.9 Å². The molecule has 1 N–H and O–H groups in total. The van der Waals surface area contributed by atoms with Crippen LogP contribution in [0.15, 0.2) is 42.5 Å². The molecule has 20 heavy (non-hydrogen) atoms. The van der Waals surface area contributed by atoms with E-state index in [0.29, 0.717) is 0 Å². The molecule has 0 aromatic heterocycles. The van der Waals surface area contributed by atoms with Gasteiger partial charge in [0.25, 0.3) is 0 Å². The van der Waals surface area contributed by atoms with Gasteiger partial charge in [-0.3, -0.25) is 0 Å². The van der Waals surface area contributed by atoms with E-state index in [1.54, 1.807) is 0 Å². The molecule has 0 spiro atoms. The van der Waals surface area contributed by atoms with Crippen molar-refractivity contribution < 1.29 is 4.74 Å². The topological polar surface area (TPSA) is 21.3 Å². The molecule has 0 aliphatic heterocycles. The molecule has 0 radical (unpaired) electrons. The summed E-state index contributed by atoms with van der Waals surface area (Å²) in [5.74, 6) is 1.78. The van der Waals surface area contributed by atoms with Crippen LogP contribution in [0.5, 0.6) is 11.5 Å². The Balaban J connectivity index is 1.67. The van der Waals surface area contributed by atoms with Gasteiger partial charge >= 0.3 is 0 Å². The quantitative estimate of drug-likeness (QED) is 0.764. The largest absolute Gasteiger partial charge is 0.457 e. The van der Waals surface area contributed by atoms with Gasteiger partial charge < -0.3 is 10.1 Å². The second kappa shape index (κ2) is 6.14. The zero-order chi connectivity index (χ0) is 13.9. The summed E-state index contributed by atoms with van der Waals surface area (Å²) in [5, 5.41) is 3.55. The van der Waals surface area contributed by atoms with Crippen molar-refractivity contribution in [2.45, 2.75) is 32.4 Å². The van der Waals surface area contributed by atoms with Crippen LogP contribution in [0.2, 0.25) is 0 Å². The van der Waals surface area contributed by atoms with Gasteiger partial charge in [0.15, 0.2) is 0 Å². The van der Waals surface area contributed by atoms with Crippen LogP contribution in [0, 0.1) is 10.5 Å². The summed E-state index contributed by atoms with van der Waals surface area (Å²) < 4.78 is 7.10. The zero-order valence-corrected chi connectivity index (χ0v) is 13.7. The maximum absolute atomic E-state index is 5.88. The smallest absolute Gasteiger partial charge is 0.127 e. The lowest BCUT2D eigenvalue weighted by molar-refractivity contribution is 0.481. The third-order valence-electron chi connectivity index (χ3n) is 3.52. The molecule has 3 rings (SSSR count). The SMILES string of the molecule is Cc1cc(Oc2ccc(I)cc2)ccc1CNC1CC1. The molecule has 1 aliphatic carbocycles. The molecule has 104 valence electrons. The Morgan fingerprint density at radius 1 is 1.10 bits per heavy atom. The van der Waals surface area contributed by atoms with Gasteiger partial charge in [0.1, 0.15) is 11.5 Å². The molecule has 2 aromatic carbocycles. The summed E-state index contributed by atoms with van der Waals surface area (Å²) in [7, 11) is 0. The van der Waals surface area contributed by atoms with Crippen LogP contribution in [0.4, 0.5) is 0 Å². The Bertz CT molecular complexity index is 590. The molecule has 1 aliphatic rings. The number of rotatable bonds is 5. The van der Waals surface area contributed by atoms with Gasteiger partial charge in [-0.1, -0.05) is 6.07 Å². The van der Waals surface area contributed by atoms with E-state index in [2.05, 4.69) is 65.2 Å². The average molecular weight is 379 g/mol. The van der Waals surface area contributed by atoms with Crippen LogP contribution < -0.4 is 10.1 Å². The van der Waals surface area contributed by atoms with Gasteiger partial charge in [0, 0.05) is 16.2 Å². The predicted octanol–water partition coefficient (Wildman–Crippen LogP) is 4.64. The maximum atomic E-state index is 5.88. The van der Waals surface area contributed by atoms with Gasteiger partial charge in [0.2, 0.25) is 0 Å². The van der Waals surface area contributed by atoms with Crippen molar-refractivity contribution in [3.05, 3.63) is 57.2 Å². The van der Waals surface area contributed by atoms with Gasteiger partial charge in [-0.2, -0.15) is 0 Å². The highest BCUT2D eigenvalue weighted by atomic mass is 127. The van der Waals surface area contributed by atoms with Crippen molar-refractivity contribution in [2.24, 2.45) is 0 Å². The van der Waals surface area contributed by atoms with E-state index in [0.717, 1.165) is 24.1 Å². The standard InChI is InChI=1S/C17H18INO/c1-12-10-17(20-16-8-3-14(18)4-9-16)7-2-13(12)11-19-15-5-6-15/h2-4,7-10,15,19H,5-6,11H2,1H3. The second-order valence-corrected chi connectivity index (χ2v) is 6.55. The zero-order valence-electron chi connectivity index (χ0n) is 11.5. The summed E-state index contributed by atoms with van der Waals surface area (Å²) in [4.78, 5) is 0. The van der Waals surface area contributed by atoms with E-state index >= 15 is 0 Å². The fraction of sp³-hybridized carbons (Fsp3) is 0.294. The number of nitrogens with one attached hydrogen (secondary N) is 1. The molecule has 0 saturated heterocycles. The number of hydrogen-bond acceptors (Lipinski definition) is 2. The van der Waals surface area contributed by atoms with Crippen LogP contribution in [0.25, 0.3) is 0 Å². The van der Waals surface area contributed by atoms with Crippen LogP contribution in [0.1, 0.15) is 24.0 Å². The Hall–Kier alpha value is -1.07. The van der Waals surface area contributed by atoms with E-state index in [-0.39, 0.29) is 0 Å². The number of benzene rings is 2. The molecular weight excluding hydrogens is 361 g/mol. The molecule has 0 unspecified atom stereocenters. The van der Waals surface area contributed by atoms with Crippen molar-refractivity contribution in [3.8, 4) is 11.5 Å². The van der Waals surface area contributed by atoms with Gasteiger partial charge in [0.05, 0.1) is 0 Å². The van der Waals surface area contributed by atoms with E-state index < -0.39 is 0 Å².